The number of ether oxygens (including phenoxy) is 1. The molecule has 158 valence electrons. The van der Waals surface area contributed by atoms with Crippen molar-refractivity contribution in [3.63, 3.8) is 0 Å². The van der Waals surface area contributed by atoms with E-state index in [9.17, 15) is 4.79 Å². The molecule has 5 rings (SSSR count). The number of fused-ring (bicyclic) bond motifs is 1. The SMILES string of the molecule is Cc1ccc(C(=O)n2c(-c3ccc(OCc4nc5ccccc5[nH]4)cc3)n[nH]c2=S)cc1. The monoisotopic (exact) mass is 441 g/mol. The second-order valence-electron chi connectivity index (χ2n) is 7.37. The summed E-state index contributed by atoms with van der Waals surface area (Å²) >= 11 is 5.31. The summed E-state index contributed by atoms with van der Waals surface area (Å²) in [4.78, 5) is 20.8. The number of hydrogen-bond donors (Lipinski definition) is 2. The van der Waals surface area contributed by atoms with Crippen LogP contribution in [0.5, 0.6) is 5.75 Å². The number of rotatable bonds is 5. The van der Waals surface area contributed by atoms with Crippen LogP contribution in [0, 0.1) is 11.7 Å². The maximum atomic E-state index is 13.0. The molecule has 0 aliphatic carbocycles. The summed E-state index contributed by atoms with van der Waals surface area (Å²) in [5.74, 6) is 1.65. The zero-order valence-corrected chi connectivity index (χ0v) is 18.0. The number of nitrogens with one attached hydrogen (secondary N) is 2. The number of aromatic nitrogens is 5. The second-order valence-corrected chi connectivity index (χ2v) is 7.76. The maximum Gasteiger partial charge on any atom is 0.265 e. The number of carbonyl (C=O) groups is 1. The van der Waals surface area contributed by atoms with Gasteiger partial charge in [0.2, 0.25) is 4.77 Å². The Morgan fingerprint density at radius 3 is 2.53 bits per heavy atom. The second kappa shape index (κ2) is 8.24. The average molecular weight is 442 g/mol. The van der Waals surface area contributed by atoms with Crippen LogP contribution in [0.3, 0.4) is 0 Å². The summed E-state index contributed by atoms with van der Waals surface area (Å²) in [6.45, 7) is 2.29. The fraction of sp³-hybridized carbons (Fsp3) is 0.0833. The van der Waals surface area contributed by atoms with Crippen LogP contribution in [-0.4, -0.2) is 30.6 Å². The number of H-pyrrole nitrogens is 2. The number of benzene rings is 3. The highest BCUT2D eigenvalue weighted by Gasteiger charge is 2.17. The van der Waals surface area contributed by atoms with Crippen molar-refractivity contribution in [3.05, 3.63) is 94.5 Å². The highest BCUT2D eigenvalue weighted by Crippen LogP contribution is 2.23. The molecule has 0 saturated carbocycles. The topological polar surface area (TPSA) is 88.6 Å². The lowest BCUT2D eigenvalue weighted by Gasteiger charge is -2.08. The summed E-state index contributed by atoms with van der Waals surface area (Å²) in [6.07, 6.45) is 0. The Labute approximate surface area is 188 Å². The van der Waals surface area contributed by atoms with Gasteiger partial charge in [0.05, 0.1) is 11.0 Å². The first-order valence-electron chi connectivity index (χ1n) is 10.0. The smallest absolute Gasteiger partial charge is 0.265 e. The first kappa shape index (κ1) is 19.9. The number of para-hydroxylation sites is 2. The van der Waals surface area contributed by atoms with Crippen LogP contribution in [-0.2, 0) is 6.61 Å². The van der Waals surface area contributed by atoms with Crippen LogP contribution >= 0.6 is 12.2 Å². The molecule has 0 aliphatic heterocycles. The molecule has 0 spiro atoms. The molecule has 0 radical (unpaired) electrons. The average Bonchev–Trinajstić information content (AvgIpc) is 3.41. The maximum absolute atomic E-state index is 13.0. The van der Waals surface area contributed by atoms with Gasteiger partial charge in [-0.15, -0.1) is 0 Å². The third-order valence-corrected chi connectivity index (χ3v) is 5.37. The van der Waals surface area contributed by atoms with Crippen molar-refractivity contribution in [3.8, 4) is 17.1 Å². The summed E-state index contributed by atoms with van der Waals surface area (Å²) < 4.78 is 7.51. The van der Waals surface area contributed by atoms with Crippen molar-refractivity contribution in [2.24, 2.45) is 0 Å². The van der Waals surface area contributed by atoms with Crippen LogP contribution in [0.1, 0.15) is 21.7 Å². The van der Waals surface area contributed by atoms with Gasteiger partial charge in [0.25, 0.3) is 5.91 Å². The van der Waals surface area contributed by atoms with Gasteiger partial charge in [0, 0.05) is 11.1 Å². The molecule has 2 heterocycles. The van der Waals surface area contributed by atoms with Crippen LogP contribution in [0.15, 0.2) is 72.8 Å². The van der Waals surface area contributed by atoms with Gasteiger partial charge < -0.3 is 9.72 Å². The lowest BCUT2D eigenvalue weighted by Crippen LogP contribution is -2.13. The van der Waals surface area contributed by atoms with E-state index in [0.717, 1.165) is 28.0 Å². The number of nitrogens with zero attached hydrogens (tertiary/aromatic N) is 3. The van der Waals surface area contributed by atoms with Crippen LogP contribution < -0.4 is 4.74 Å². The van der Waals surface area contributed by atoms with Crippen molar-refractivity contribution in [1.82, 2.24) is 24.7 Å². The predicted molar refractivity (Wildman–Crippen MR) is 124 cm³/mol. The lowest BCUT2D eigenvalue weighted by atomic mass is 10.1. The van der Waals surface area contributed by atoms with E-state index in [0.29, 0.717) is 23.7 Å². The van der Waals surface area contributed by atoms with Gasteiger partial charge in [-0.3, -0.25) is 9.89 Å². The van der Waals surface area contributed by atoms with Gasteiger partial charge in [0.15, 0.2) is 5.82 Å². The molecule has 2 aromatic heterocycles. The molecule has 0 unspecified atom stereocenters. The summed E-state index contributed by atoms with van der Waals surface area (Å²) in [6, 6.07) is 22.5. The van der Waals surface area contributed by atoms with E-state index in [1.807, 2.05) is 67.6 Å². The normalized spacial score (nSPS) is 11.0. The lowest BCUT2D eigenvalue weighted by molar-refractivity contribution is 0.0960. The molecule has 0 saturated heterocycles. The molecule has 32 heavy (non-hydrogen) atoms. The molecule has 5 aromatic rings. The number of hydrogen-bond acceptors (Lipinski definition) is 5. The van der Waals surface area contributed by atoms with Crippen molar-refractivity contribution >= 4 is 29.2 Å². The molecule has 0 amide bonds. The molecule has 0 fully saturated rings. The van der Waals surface area contributed by atoms with Gasteiger partial charge in [-0.2, -0.15) is 5.10 Å². The summed E-state index contributed by atoms with van der Waals surface area (Å²) in [5, 5.41) is 6.99. The fourth-order valence-electron chi connectivity index (χ4n) is 3.43. The van der Waals surface area contributed by atoms with Crippen molar-refractivity contribution < 1.29 is 9.53 Å². The minimum absolute atomic E-state index is 0.232. The third-order valence-electron chi connectivity index (χ3n) is 5.10. The zero-order valence-electron chi connectivity index (χ0n) is 17.2. The Morgan fingerprint density at radius 2 is 1.78 bits per heavy atom. The predicted octanol–water partition coefficient (Wildman–Crippen LogP) is 5.06. The Hall–Kier alpha value is -4.04. The summed E-state index contributed by atoms with van der Waals surface area (Å²) in [7, 11) is 0. The number of aromatic amines is 2. The Kier molecular flexibility index (Phi) is 5.12. The van der Waals surface area contributed by atoms with E-state index in [1.165, 1.54) is 4.57 Å². The van der Waals surface area contributed by atoms with E-state index < -0.39 is 0 Å². The fourth-order valence-corrected chi connectivity index (χ4v) is 3.65. The van der Waals surface area contributed by atoms with Gasteiger partial charge in [-0.1, -0.05) is 29.8 Å². The van der Waals surface area contributed by atoms with Crippen molar-refractivity contribution in [2.45, 2.75) is 13.5 Å². The molecule has 0 atom stereocenters. The minimum Gasteiger partial charge on any atom is -0.486 e. The molecule has 7 nitrogen and oxygen atoms in total. The van der Waals surface area contributed by atoms with Crippen LogP contribution in [0.25, 0.3) is 22.4 Å². The Morgan fingerprint density at radius 1 is 1.03 bits per heavy atom. The number of carbonyl (C=O) groups excluding carboxylic acids is 1. The third kappa shape index (κ3) is 3.83. The van der Waals surface area contributed by atoms with Gasteiger partial charge in [-0.05, 0) is 67.7 Å². The van der Waals surface area contributed by atoms with E-state index in [-0.39, 0.29) is 10.7 Å². The van der Waals surface area contributed by atoms with E-state index in [4.69, 9.17) is 17.0 Å². The molecule has 2 N–H and O–H groups in total. The number of aryl methyl sites for hydroxylation is 1. The first-order chi connectivity index (χ1) is 15.6. The largest absolute Gasteiger partial charge is 0.486 e. The van der Waals surface area contributed by atoms with Crippen molar-refractivity contribution in [1.29, 1.82) is 0 Å². The quantitative estimate of drug-likeness (QED) is 0.372. The standard InChI is InChI=1S/C24H19N5O2S/c1-15-6-8-17(9-7-15)23(30)29-22(27-28-24(29)32)16-10-12-18(13-11-16)31-14-21-25-19-4-2-3-5-20(19)26-21/h2-13H,14H2,1H3,(H,25,26)(H,28,32). The van der Waals surface area contributed by atoms with Gasteiger partial charge in [0.1, 0.15) is 18.2 Å². The van der Waals surface area contributed by atoms with Crippen LogP contribution in [0.4, 0.5) is 0 Å². The Bertz CT molecular complexity index is 1430. The highest BCUT2D eigenvalue weighted by molar-refractivity contribution is 7.71. The molecule has 0 bridgehead atoms. The molecule has 3 aromatic carbocycles. The Balaban J connectivity index is 1.35. The van der Waals surface area contributed by atoms with Gasteiger partial charge in [-0.25, -0.2) is 9.55 Å². The number of imidazole rings is 1. The zero-order chi connectivity index (χ0) is 22.1. The molecule has 0 aliphatic rings. The minimum atomic E-state index is -0.232. The van der Waals surface area contributed by atoms with E-state index in [2.05, 4.69) is 20.2 Å². The van der Waals surface area contributed by atoms with Crippen molar-refractivity contribution in [2.75, 3.05) is 0 Å². The molecular formula is C24H19N5O2S. The molecular weight excluding hydrogens is 422 g/mol. The van der Waals surface area contributed by atoms with E-state index in [1.54, 1.807) is 12.1 Å². The highest BCUT2D eigenvalue weighted by atomic mass is 32.1. The summed E-state index contributed by atoms with van der Waals surface area (Å²) in [5.41, 5.74) is 4.25. The molecule has 8 heteroatoms. The van der Waals surface area contributed by atoms with Crippen LogP contribution in [0.2, 0.25) is 0 Å². The van der Waals surface area contributed by atoms with Gasteiger partial charge >= 0.3 is 0 Å². The first-order valence-corrected chi connectivity index (χ1v) is 10.4. The van der Waals surface area contributed by atoms with E-state index >= 15 is 0 Å².